The third-order valence-electron chi connectivity index (χ3n) is 4.27. The van der Waals surface area contributed by atoms with Gasteiger partial charge in [0.2, 0.25) is 0 Å². The molecule has 0 aliphatic rings. The van der Waals surface area contributed by atoms with E-state index in [4.69, 9.17) is 0 Å². The highest BCUT2D eigenvalue weighted by Crippen LogP contribution is 2.17. The second-order valence-corrected chi connectivity index (χ2v) is 6.59. The molecule has 0 bridgehead atoms. The summed E-state index contributed by atoms with van der Waals surface area (Å²) in [7, 11) is 0. The van der Waals surface area contributed by atoms with Gasteiger partial charge >= 0.3 is 6.03 Å². The highest BCUT2D eigenvalue weighted by Gasteiger charge is 2.11. The minimum atomic E-state index is -0.302. The summed E-state index contributed by atoms with van der Waals surface area (Å²) < 4.78 is 0. The molecule has 0 heterocycles. The second kappa shape index (κ2) is 9.62. The van der Waals surface area contributed by atoms with Crippen molar-refractivity contribution in [2.24, 2.45) is 0 Å². The standard InChI is InChI=1S/C21H27N3O3/c1-4-22-20(26)17-10-5-14(2)19(13-17)24-21(27)23-15(3)6-7-16-8-11-18(25)12-9-16/h5,8-13,15,25H,4,6-7H2,1-3H3,(H,22,26)(H2,23,24,27). The van der Waals surface area contributed by atoms with Gasteiger partial charge < -0.3 is 21.1 Å². The summed E-state index contributed by atoms with van der Waals surface area (Å²) >= 11 is 0. The Morgan fingerprint density at radius 2 is 1.81 bits per heavy atom. The maximum Gasteiger partial charge on any atom is 0.319 e. The third-order valence-corrected chi connectivity index (χ3v) is 4.27. The molecule has 0 spiro atoms. The summed E-state index contributed by atoms with van der Waals surface area (Å²) in [6.45, 7) is 6.23. The molecule has 2 aromatic rings. The molecule has 0 radical (unpaired) electrons. The number of hydrogen-bond donors (Lipinski definition) is 4. The number of amides is 3. The van der Waals surface area contributed by atoms with Gasteiger partial charge in [0.15, 0.2) is 0 Å². The Balaban J connectivity index is 1.89. The van der Waals surface area contributed by atoms with Crippen LogP contribution in [0, 0.1) is 6.92 Å². The van der Waals surface area contributed by atoms with E-state index < -0.39 is 0 Å². The molecule has 6 heteroatoms. The van der Waals surface area contributed by atoms with Crippen molar-refractivity contribution in [3.63, 3.8) is 0 Å². The normalized spacial score (nSPS) is 11.5. The average molecular weight is 369 g/mol. The zero-order chi connectivity index (χ0) is 19.8. The quantitative estimate of drug-likeness (QED) is 0.601. The second-order valence-electron chi connectivity index (χ2n) is 6.59. The number of carbonyl (C=O) groups is 2. The number of urea groups is 1. The number of benzene rings is 2. The molecule has 0 aromatic heterocycles. The predicted molar refractivity (Wildman–Crippen MR) is 107 cm³/mol. The van der Waals surface area contributed by atoms with E-state index in [-0.39, 0.29) is 23.7 Å². The molecule has 0 saturated heterocycles. The summed E-state index contributed by atoms with van der Waals surface area (Å²) in [6.07, 6.45) is 1.57. The van der Waals surface area contributed by atoms with Gasteiger partial charge in [0, 0.05) is 23.8 Å². The van der Waals surface area contributed by atoms with Crippen LogP contribution in [0.3, 0.4) is 0 Å². The van der Waals surface area contributed by atoms with Gasteiger partial charge in [-0.25, -0.2) is 4.79 Å². The molecule has 0 aliphatic heterocycles. The first kappa shape index (κ1) is 20.3. The monoisotopic (exact) mass is 369 g/mol. The fourth-order valence-corrected chi connectivity index (χ4v) is 2.66. The number of nitrogens with one attached hydrogen (secondary N) is 3. The molecule has 0 fully saturated rings. The van der Waals surface area contributed by atoms with Crippen molar-refractivity contribution in [3.05, 3.63) is 59.2 Å². The Morgan fingerprint density at radius 3 is 2.48 bits per heavy atom. The summed E-state index contributed by atoms with van der Waals surface area (Å²) in [4.78, 5) is 24.2. The van der Waals surface area contributed by atoms with Crippen LogP contribution in [0.5, 0.6) is 5.75 Å². The van der Waals surface area contributed by atoms with Crippen molar-refractivity contribution in [1.29, 1.82) is 0 Å². The first-order valence-corrected chi connectivity index (χ1v) is 9.13. The summed E-state index contributed by atoms with van der Waals surface area (Å²) in [5.74, 6) is 0.0812. The van der Waals surface area contributed by atoms with E-state index in [1.165, 1.54) is 0 Å². The minimum Gasteiger partial charge on any atom is -0.508 e. The van der Waals surface area contributed by atoms with Crippen LogP contribution in [0.15, 0.2) is 42.5 Å². The Hall–Kier alpha value is -3.02. The first-order chi connectivity index (χ1) is 12.9. The number of rotatable bonds is 7. The topological polar surface area (TPSA) is 90.5 Å². The summed E-state index contributed by atoms with van der Waals surface area (Å²) in [5.41, 5.74) is 3.11. The van der Waals surface area contributed by atoms with Crippen LogP contribution in [-0.2, 0) is 6.42 Å². The Bertz CT molecular complexity index is 788. The van der Waals surface area contributed by atoms with Gasteiger partial charge in [-0.15, -0.1) is 0 Å². The highest BCUT2D eigenvalue weighted by molar-refractivity contribution is 5.97. The minimum absolute atomic E-state index is 0.0225. The van der Waals surface area contributed by atoms with Crippen LogP contribution in [0.2, 0.25) is 0 Å². The van der Waals surface area contributed by atoms with Gasteiger partial charge in [-0.05, 0) is 69.0 Å². The lowest BCUT2D eigenvalue weighted by molar-refractivity contribution is 0.0956. The molecule has 1 atom stereocenters. The molecule has 6 nitrogen and oxygen atoms in total. The van der Waals surface area contributed by atoms with Crippen LogP contribution >= 0.6 is 0 Å². The Morgan fingerprint density at radius 1 is 1.11 bits per heavy atom. The van der Waals surface area contributed by atoms with E-state index in [1.54, 1.807) is 24.3 Å². The molecule has 0 aliphatic carbocycles. The van der Waals surface area contributed by atoms with Gasteiger partial charge in [-0.3, -0.25) is 4.79 Å². The molecule has 144 valence electrons. The van der Waals surface area contributed by atoms with Crippen LogP contribution < -0.4 is 16.0 Å². The number of aromatic hydroxyl groups is 1. The van der Waals surface area contributed by atoms with Crippen molar-refractivity contribution < 1.29 is 14.7 Å². The summed E-state index contributed by atoms with van der Waals surface area (Å²) in [5, 5.41) is 17.8. The van der Waals surface area contributed by atoms with Gasteiger partial charge in [0.05, 0.1) is 0 Å². The van der Waals surface area contributed by atoms with Crippen molar-refractivity contribution >= 4 is 17.6 Å². The van der Waals surface area contributed by atoms with Crippen LogP contribution in [0.1, 0.15) is 41.8 Å². The number of phenolic OH excluding ortho intramolecular Hbond substituents is 1. The lowest BCUT2D eigenvalue weighted by Gasteiger charge is -2.16. The molecular formula is C21H27N3O3. The predicted octanol–water partition coefficient (Wildman–Crippen LogP) is 3.59. The molecule has 3 amide bonds. The summed E-state index contributed by atoms with van der Waals surface area (Å²) in [6, 6.07) is 12.0. The van der Waals surface area contributed by atoms with Gasteiger partial charge in [0.1, 0.15) is 5.75 Å². The van der Waals surface area contributed by atoms with Crippen LogP contribution in [-0.4, -0.2) is 29.6 Å². The third kappa shape index (κ3) is 6.33. The number of phenols is 1. The number of hydrogen-bond acceptors (Lipinski definition) is 3. The smallest absolute Gasteiger partial charge is 0.319 e. The fraction of sp³-hybridized carbons (Fsp3) is 0.333. The lowest BCUT2D eigenvalue weighted by atomic mass is 10.1. The fourth-order valence-electron chi connectivity index (χ4n) is 2.66. The lowest BCUT2D eigenvalue weighted by Crippen LogP contribution is -2.36. The average Bonchev–Trinajstić information content (AvgIpc) is 2.63. The molecule has 0 saturated carbocycles. The van der Waals surface area contributed by atoms with Crippen molar-refractivity contribution in [1.82, 2.24) is 10.6 Å². The molecular weight excluding hydrogens is 342 g/mol. The van der Waals surface area contributed by atoms with Crippen LogP contribution in [0.4, 0.5) is 10.5 Å². The number of aryl methyl sites for hydroxylation is 2. The van der Waals surface area contributed by atoms with Gasteiger partial charge in [-0.2, -0.15) is 0 Å². The van der Waals surface area contributed by atoms with E-state index in [0.717, 1.165) is 24.0 Å². The number of anilines is 1. The highest BCUT2D eigenvalue weighted by atomic mass is 16.3. The van der Waals surface area contributed by atoms with Crippen molar-refractivity contribution in [2.45, 2.75) is 39.7 Å². The van der Waals surface area contributed by atoms with Crippen molar-refractivity contribution in [3.8, 4) is 5.75 Å². The maximum absolute atomic E-state index is 12.3. The zero-order valence-electron chi connectivity index (χ0n) is 16.0. The van der Waals surface area contributed by atoms with E-state index in [0.29, 0.717) is 17.8 Å². The Kier molecular flexibility index (Phi) is 7.23. The molecule has 2 rings (SSSR count). The Labute approximate surface area is 160 Å². The van der Waals surface area contributed by atoms with E-state index in [2.05, 4.69) is 16.0 Å². The molecule has 1 unspecified atom stereocenters. The zero-order valence-corrected chi connectivity index (χ0v) is 16.0. The van der Waals surface area contributed by atoms with E-state index >= 15 is 0 Å². The molecule has 27 heavy (non-hydrogen) atoms. The van der Waals surface area contributed by atoms with Crippen LogP contribution in [0.25, 0.3) is 0 Å². The van der Waals surface area contributed by atoms with Gasteiger partial charge in [0.25, 0.3) is 5.91 Å². The maximum atomic E-state index is 12.3. The van der Waals surface area contributed by atoms with Crippen molar-refractivity contribution in [2.75, 3.05) is 11.9 Å². The largest absolute Gasteiger partial charge is 0.508 e. The number of carbonyl (C=O) groups excluding carboxylic acids is 2. The van der Waals surface area contributed by atoms with E-state index in [1.807, 2.05) is 39.0 Å². The SMILES string of the molecule is CCNC(=O)c1ccc(C)c(NC(=O)NC(C)CCc2ccc(O)cc2)c1. The molecule has 2 aromatic carbocycles. The van der Waals surface area contributed by atoms with E-state index in [9.17, 15) is 14.7 Å². The first-order valence-electron chi connectivity index (χ1n) is 9.13. The van der Waals surface area contributed by atoms with Gasteiger partial charge in [-0.1, -0.05) is 18.2 Å². The molecule has 4 N–H and O–H groups in total.